The molecule has 2 aromatic rings. The summed E-state index contributed by atoms with van der Waals surface area (Å²) < 4.78 is 0. The van der Waals surface area contributed by atoms with Crippen LogP contribution in [0.1, 0.15) is 22.3 Å². The fourth-order valence-corrected chi connectivity index (χ4v) is 2.23. The van der Waals surface area contributed by atoms with E-state index in [4.69, 9.17) is 5.73 Å². The van der Waals surface area contributed by atoms with E-state index in [9.17, 15) is 0 Å². The molecule has 1 aromatic carbocycles. The third kappa shape index (κ3) is 3.29. The maximum Gasteiger partial charge on any atom is 0.128 e. The van der Waals surface area contributed by atoms with Crippen LogP contribution in [0.3, 0.4) is 0 Å². The molecule has 3 heteroatoms. The van der Waals surface area contributed by atoms with E-state index in [2.05, 4.69) is 49.0 Å². The highest BCUT2D eigenvalue weighted by Crippen LogP contribution is 2.17. The van der Waals surface area contributed by atoms with Gasteiger partial charge in [-0.1, -0.05) is 23.8 Å². The SMILES string of the molecule is Cc1ccc(C)c(CCN(C)c2cc(C)c(N)cn2)c1. The fourth-order valence-electron chi connectivity index (χ4n) is 2.23. The molecule has 0 radical (unpaired) electrons. The number of aromatic nitrogens is 1. The van der Waals surface area contributed by atoms with Crippen LogP contribution >= 0.6 is 0 Å². The highest BCUT2D eigenvalue weighted by atomic mass is 15.2. The predicted molar refractivity (Wildman–Crippen MR) is 86.3 cm³/mol. The van der Waals surface area contributed by atoms with Crippen LogP contribution in [0.2, 0.25) is 0 Å². The molecule has 1 aromatic heterocycles. The zero-order valence-corrected chi connectivity index (χ0v) is 12.8. The van der Waals surface area contributed by atoms with Gasteiger partial charge in [-0.15, -0.1) is 0 Å². The lowest BCUT2D eigenvalue weighted by Gasteiger charge is -2.19. The summed E-state index contributed by atoms with van der Waals surface area (Å²) in [4.78, 5) is 6.57. The molecule has 1 heterocycles. The molecule has 2 rings (SSSR count). The second-order valence-corrected chi connectivity index (χ2v) is 5.50. The highest BCUT2D eigenvalue weighted by Gasteiger charge is 2.06. The van der Waals surface area contributed by atoms with Crippen LogP contribution in [0.4, 0.5) is 11.5 Å². The van der Waals surface area contributed by atoms with Crippen molar-refractivity contribution in [2.45, 2.75) is 27.2 Å². The van der Waals surface area contributed by atoms with Crippen molar-refractivity contribution in [1.29, 1.82) is 0 Å². The molecule has 0 aliphatic heterocycles. The van der Waals surface area contributed by atoms with Crippen molar-refractivity contribution >= 4 is 11.5 Å². The van der Waals surface area contributed by atoms with Gasteiger partial charge in [-0.3, -0.25) is 0 Å². The van der Waals surface area contributed by atoms with Crippen LogP contribution in [0, 0.1) is 20.8 Å². The standard InChI is InChI=1S/C17H23N3/c1-12-5-6-13(2)15(9-12)7-8-20(4)17-10-14(3)16(18)11-19-17/h5-6,9-11H,7-8,18H2,1-4H3. The van der Waals surface area contributed by atoms with Gasteiger partial charge in [0.1, 0.15) is 5.82 Å². The maximum absolute atomic E-state index is 5.81. The number of hydrogen-bond acceptors (Lipinski definition) is 3. The second-order valence-electron chi connectivity index (χ2n) is 5.50. The normalized spacial score (nSPS) is 10.6. The van der Waals surface area contributed by atoms with Gasteiger partial charge in [-0.2, -0.15) is 0 Å². The van der Waals surface area contributed by atoms with Gasteiger partial charge in [-0.25, -0.2) is 4.98 Å². The molecule has 0 saturated heterocycles. The Kier molecular flexibility index (Phi) is 4.28. The third-order valence-electron chi connectivity index (χ3n) is 3.75. The van der Waals surface area contributed by atoms with Crippen LogP contribution in [0.25, 0.3) is 0 Å². The minimum atomic E-state index is 0.747. The molecule has 106 valence electrons. The molecule has 0 spiro atoms. The first-order valence-corrected chi connectivity index (χ1v) is 6.97. The number of anilines is 2. The molecule has 0 aliphatic carbocycles. The molecular weight excluding hydrogens is 246 g/mol. The molecule has 2 N–H and O–H groups in total. The lowest BCUT2D eigenvalue weighted by atomic mass is 10.0. The van der Waals surface area contributed by atoms with Gasteiger partial charge in [0.2, 0.25) is 0 Å². The Hall–Kier alpha value is -2.03. The number of hydrogen-bond donors (Lipinski definition) is 1. The number of aryl methyl sites for hydroxylation is 3. The average Bonchev–Trinajstić information content (AvgIpc) is 2.42. The molecule has 0 unspecified atom stereocenters. The van der Waals surface area contributed by atoms with Crippen LogP contribution in [0.5, 0.6) is 0 Å². The third-order valence-corrected chi connectivity index (χ3v) is 3.75. The summed E-state index contributed by atoms with van der Waals surface area (Å²) >= 11 is 0. The van der Waals surface area contributed by atoms with Gasteiger partial charge in [0, 0.05) is 13.6 Å². The fraction of sp³-hybridized carbons (Fsp3) is 0.353. The van der Waals surface area contributed by atoms with Gasteiger partial charge < -0.3 is 10.6 Å². The van der Waals surface area contributed by atoms with E-state index in [1.807, 2.05) is 13.0 Å². The molecule has 0 amide bonds. The molecule has 0 aliphatic rings. The minimum absolute atomic E-state index is 0.747. The number of nitrogens with two attached hydrogens (primary N) is 1. The summed E-state index contributed by atoms with van der Waals surface area (Å²) in [6.07, 6.45) is 2.76. The zero-order valence-electron chi connectivity index (χ0n) is 12.8. The summed E-state index contributed by atoms with van der Waals surface area (Å²) in [6, 6.07) is 8.66. The van der Waals surface area contributed by atoms with Crippen molar-refractivity contribution in [3.63, 3.8) is 0 Å². The number of benzene rings is 1. The first-order chi connectivity index (χ1) is 9.47. The van der Waals surface area contributed by atoms with Crippen molar-refractivity contribution in [2.75, 3.05) is 24.2 Å². The van der Waals surface area contributed by atoms with Crippen LogP contribution < -0.4 is 10.6 Å². The Labute approximate surface area is 121 Å². The summed E-state index contributed by atoms with van der Waals surface area (Å²) in [7, 11) is 2.07. The summed E-state index contributed by atoms with van der Waals surface area (Å²) in [6.45, 7) is 7.26. The maximum atomic E-state index is 5.81. The van der Waals surface area contributed by atoms with Crippen molar-refractivity contribution in [2.24, 2.45) is 0 Å². The Bertz CT molecular complexity index is 605. The smallest absolute Gasteiger partial charge is 0.128 e. The van der Waals surface area contributed by atoms with Gasteiger partial charge >= 0.3 is 0 Å². The van der Waals surface area contributed by atoms with Gasteiger partial charge in [0.25, 0.3) is 0 Å². The topological polar surface area (TPSA) is 42.1 Å². The van der Waals surface area contributed by atoms with Crippen molar-refractivity contribution in [3.05, 3.63) is 52.7 Å². The highest BCUT2D eigenvalue weighted by molar-refractivity contribution is 5.51. The van der Waals surface area contributed by atoms with Gasteiger partial charge in [0.15, 0.2) is 0 Å². The van der Waals surface area contributed by atoms with E-state index in [0.717, 1.165) is 30.0 Å². The molecule has 0 bridgehead atoms. The van der Waals surface area contributed by atoms with Crippen LogP contribution in [-0.2, 0) is 6.42 Å². The van der Waals surface area contributed by atoms with E-state index in [0.29, 0.717) is 0 Å². The Morgan fingerprint density at radius 2 is 1.85 bits per heavy atom. The predicted octanol–water partition coefficient (Wildman–Crippen LogP) is 3.27. The van der Waals surface area contributed by atoms with Gasteiger partial charge in [-0.05, 0) is 49.9 Å². The van der Waals surface area contributed by atoms with E-state index < -0.39 is 0 Å². The summed E-state index contributed by atoms with van der Waals surface area (Å²) in [5, 5.41) is 0. The summed E-state index contributed by atoms with van der Waals surface area (Å²) in [5.41, 5.74) is 11.7. The van der Waals surface area contributed by atoms with Crippen molar-refractivity contribution in [1.82, 2.24) is 4.98 Å². The van der Waals surface area contributed by atoms with Crippen molar-refractivity contribution < 1.29 is 0 Å². The quantitative estimate of drug-likeness (QED) is 0.926. The first-order valence-electron chi connectivity index (χ1n) is 6.97. The number of pyridine rings is 1. The first kappa shape index (κ1) is 14.4. The zero-order chi connectivity index (χ0) is 14.7. The van der Waals surface area contributed by atoms with Crippen molar-refractivity contribution in [3.8, 4) is 0 Å². The Balaban J connectivity index is 2.06. The van der Waals surface area contributed by atoms with E-state index in [-0.39, 0.29) is 0 Å². The molecule has 20 heavy (non-hydrogen) atoms. The lowest BCUT2D eigenvalue weighted by molar-refractivity contribution is 0.854. The minimum Gasteiger partial charge on any atom is -0.397 e. The number of nitrogens with zero attached hydrogens (tertiary/aromatic N) is 2. The van der Waals surface area contributed by atoms with E-state index >= 15 is 0 Å². The Morgan fingerprint density at radius 1 is 1.10 bits per heavy atom. The average molecular weight is 269 g/mol. The van der Waals surface area contributed by atoms with Gasteiger partial charge in [0.05, 0.1) is 11.9 Å². The molecule has 0 atom stereocenters. The molecule has 0 fully saturated rings. The molecule has 3 nitrogen and oxygen atoms in total. The molecular formula is C17H23N3. The van der Waals surface area contributed by atoms with E-state index in [1.165, 1.54) is 16.7 Å². The number of likely N-dealkylation sites (N-methyl/N-ethyl adjacent to an activating group) is 1. The van der Waals surface area contributed by atoms with E-state index in [1.54, 1.807) is 6.20 Å². The number of rotatable bonds is 4. The Morgan fingerprint density at radius 3 is 2.55 bits per heavy atom. The summed E-state index contributed by atoms with van der Waals surface area (Å²) in [5.74, 6) is 0.974. The van der Waals surface area contributed by atoms with Crippen LogP contribution in [-0.4, -0.2) is 18.6 Å². The number of nitrogen functional groups attached to an aromatic ring is 1. The molecule has 0 saturated carbocycles. The monoisotopic (exact) mass is 269 g/mol. The largest absolute Gasteiger partial charge is 0.397 e. The van der Waals surface area contributed by atoms with Crippen LogP contribution in [0.15, 0.2) is 30.5 Å². The second kappa shape index (κ2) is 5.95. The lowest BCUT2D eigenvalue weighted by Crippen LogP contribution is -2.21.